The van der Waals surface area contributed by atoms with Gasteiger partial charge in [0.25, 0.3) is 0 Å². The predicted molar refractivity (Wildman–Crippen MR) is 99.0 cm³/mol. The van der Waals surface area contributed by atoms with E-state index in [9.17, 15) is 19.5 Å². The van der Waals surface area contributed by atoms with E-state index in [1.165, 1.54) is 4.90 Å². The summed E-state index contributed by atoms with van der Waals surface area (Å²) in [6.07, 6.45) is -0.299. The number of benzene rings is 1. The van der Waals surface area contributed by atoms with Crippen molar-refractivity contribution in [1.29, 1.82) is 0 Å². The van der Waals surface area contributed by atoms with Gasteiger partial charge in [-0.3, -0.25) is 24.6 Å². The first-order chi connectivity index (χ1) is 12.8. The normalized spacial score (nSPS) is 34.0. The van der Waals surface area contributed by atoms with E-state index in [2.05, 4.69) is 10.6 Å². The Bertz CT molecular complexity index is 857. The number of nitrogens with one attached hydrogen (secondary N) is 2. The molecule has 3 N–H and O–H groups in total. The van der Waals surface area contributed by atoms with E-state index in [1.807, 2.05) is 13.8 Å². The highest BCUT2D eigenvalue weighted by Crippen LogP contribution is 2.54. The Hall–Kier alpha value is -1.96. The van der Waals surface area contributed by atoms with Crippen LogP contribution in [0.15, 0.2) is 18.2 Å². The number of fused-ring (bicyclic) bond motifs is 4. The Morgan fingerprint density at radius 3 is 2.59 bits per heavy atom. The van der Waals surface area contributed by atoms with Crippen molar-refractivity contribution in [3.63, 3.8) is 0 Å². The molecule has 3 heterocycles. The van der Waals surface area contributed by atoms with Gasteiger partial charge in [-0.2, -0.15) is 0 Å². The molecule has 0 aliphatic carbocycles. The molecule has 6 atom stereocenters. The van der Waals surface area contributed by atoms with Crippen molar-refractivity contribution in [1.82, 2.24) is 10.2 Å². The molecule has 4 rings (SSSR count). The summed E-state index contributed by atoms with van der Waals surface area (Å²) in [5.74, 6) is -2.85. The minimum Gasteiger partial charge on any atom is -0.392 e. The van der Waals surface area contributed by atoms with Crippen molar-refractivity contribution in [3.05, 3.63) is 28.8 Å². The van der Waals surface area contributed by atoms with Crippen LogP contribution in [0.4, 0.5) is 5.69 Å². The number of likely N-dealkylation sites (tertiary alicyclic amines) is 1. The van der Waals surface area contributed by atoms with Gasteiger partial charge in [0, 0.05) is 17.6 Å². The third-order valence-corrected chi connectivity index (χ3v) is 6.53. The quantitative estimate of drug-likeness (QED) is 0.673. The Kier molecular flexibility index (Phi) is 4.10. The first-order valence-corrected chi connectivity index (χ1v) is 9.56. The second-order valence-electron chi connectivity index (χ2n) is 7.64. The molecule has 3 aliphatic rings. The van der Waals surface area contributed by atoms with Gasteiger partial charge in [-0.15, -0.1) is 0 Å². The predicted octanol–water partition coefficient (Wildman–Crippen LogP) is 1.24. The van der Waals surface area contributed by atoms with Gasteiger partial charge in [0.2, 0.25) is 17.7 Å². The average Bonchev–Trinajstić information content (AvgIpc) is 3.21. The lowest BCUT2D eigenvalue weighted by Crippen LogP contribution is -2.55. The van der Waals surface area contributed by atoms with E-state index < -0.39 is 35.4 Å². The fraction of sp³-hybridized carbons (Fsp3) is 0.526. The topological polar surface area (TPSA) is 98.7 Å². The van der Waals surface area contributed by atoms with Crippen LogP contribution in [0.5, 0.6) is 0 Å². The third-order valence-electron chi connectivity index (χ3n) is 6.22. The SMILES string of the molecule is CC[C@H](C)N1C(=O)[C@@H]2[C@@H]([C@@H](C)O)N[C@@]3(C(=O)Nc4c(Cl)cccc43)[C@@H]2C1=O. The first kappa shape index (κ1) is 18.4. The van der Waals surface area contributed by atoms with Crippen molar-refractivity contribution >= 4 is 35.0 Å². The number of imide groups is 1. The Labute approximate surface area is 162 Å². The highest BCUT2D eigenvalue weighted by molar-refractivity contribution is 6.35. The lowest BCUT2D eigenvalue weighted by Gasteiger charge is -2.31. The van der Waals surface area contributed by atoms with Crippen molar-refractivity contribution < 1.29 is 19.5 Å². The van der Waals surface area contributed by atoms with Gasteiger partial charge < -0.3 is 10.4 Å². The molecule has 144 valence electrons. The van der Waals surface area contributed by atoms with Gasteiger partial charge in [-0.25, -0.2) is 0 Å². The first-order valence-electron chi connectivity index (χ1n) is 9.18. The molecule has 8 heteroatoms. The van der Waals surface area contributed by atoms with Crippen LogP contribution in [0.2, 0.25) is 5.02 Å². The summed E-state index contributed by atoms with van der Waals surface area (Å²) in [7, 11) is 0. The van der Waals surface area contributed by atoms with Crippen molar-refractivity contribution in [3.8, 4) is 0 Å². The van der Waals surface area contributed by atoms with Crippen LogP contribution < -0.4 is 10.6 Å². The summed E-state index contributed by atoms with van der Waals surface area (Å²) in [4.78, 5) is 40.9. The molecule has 27 heavy (non-hydrogen) atoms. The van der Waals surface area contributed by atoms with Gasteiger partial charge in [0.1, 0.15) is 5.54 Å². The van der Waals surface area contributed by atoms with Crippen LogP contribution in [0.25, 0.3) is 0 Å². The Morgan fingerprint density at radius 1 is 1.26 bits per heavy atom. The van der Waals surface area contributed by atoms with Crippen LogP contribution in [-0.2, 0) is 19.9 Å². The van der Waals surface area contributed by atoms with Crippen LogP contribution in [0, 0.1) is 11.8 Å². The highest BCUT2D eigenvalue weighted by atomic mass is 35.5. The standard InChI is InChI=1S/C19H22ClN3O4/c1-4-8(2)23-16(25)12-13(17(23)26)19(22-14(12)9(3)24)10-6-5-7-11(20)15(10)21-18(19)27/h5-9,12-14,22,24H,4H2,1-3H3,(H,21,27)/t8-,9+,12-,13-,14+,19+/m0/s1. The average molecular weight is 392 g/mol. The van der Waals surface area contributed by atoms with Gasteiger partial charge in [0.15, 0.2) is 0 Å². The van der Waals surface area contributed by atoms with Gasteiger partial charge in [0.05, 0.1) is 28.6 Å². The monoisotopic (exact) mass is 391 g/mol. The molecule has 0 aromatic heterocycles. The van der Waals surface area contributed by atoms with E-state index in [1.54, 1.807) is 25.1 Å². The number of aliphatic hydroxyl groups is 1. The van der Waals surface area contributed by atoms with E-state index in [-0.39, 0.29) is 17.9 Å². The number of hydrogen-bond donors (Lipinski definition) is 3. The number of amides is 3. The van der Waals surface area contributed by atoms with Gasteiger partial charge in [-0.1, -0.05) is 30.7 Å². The molecule has 2 fully saturated rings. The molecule has 0 saturated carbocycles. The number of para-hydroxylation sites is 1. The van der Waals surface area contributed by atoms with E-state index in [4.69, 9.17) is 11.6 Å². The largest absolute Gasteiger partial charge is 0.392 e. The third kappa shape index (κ3) is 2.19. The summed E-state index contributed by atoms with van der Waals surface area (Å²) < 4.78 is 0. The Morgan fingerprint density at radius 2 is 1.96 bits per heavy atom. The lowest BCUT2D eigenvalue weighted by molar-refractivity contribution is -0.145. The van der Waals surface area contributed by atoms with Crippen LogP contribution in [0.3, 0.4) is 0 Å². The zero-order chi connectivity index (χ0) is 19.7. The maximum atomic E-state index is 13.3. The number of carbonyl (C=O) groups is 3. The number of rotatable bonds is 3. The molecule has 0 bridgehead atoms. The smallest absolute Gasteiger partial charge is 0.250 e. The molecule has 1 aromatic rings. The second kappa shape index (κ2) is 6.02. The minimum absolute atomic E-state index is 0.273. The van der Waals surface area contributed by atoms with Gasteiger partial charge >= 0.3 is 0 Å². The molecular formula is C19H22ClN3O4. The summed E-state index contributed by atoms with van der Waals surface area (Å²) in [5, 5.41) is 16.6. The van der Waals surface area contributed by atoms with E-state index >= 15 is 0 Å². The number of aliphatic hydroxyl groups excluding tert-OH is 1. The summed E-state index contributed by atoms with van der Waals surface area (Å²) in [6, 6.07) is 4.12. The molecule has 7 nitrogen and oxygen atoms in total. The molecular weight excluding hydrogens is 370 g/mol. The maximum Gasteiger partial charge on any atom is 0.250 e. The Balaban J connectivity index is 1.92. The summed E-state index contributed by atoms with van der Waals surface area (Å²) in [6.45, 7) is 5.27. The number of anilines is 1. The fourth-order valence-electron chi connectivity index (χ4n) is 4.78. The molecule has 1 aromatic carbocycles. The number of hydrogen-bond acceptors (Lipinski definition) is 5. The molecule has 1 spiro atoms. The maximum absolute atomic E-state index is 13.3. The van der Waals surface area contributed by atoms with Crippen molar-refractivity contribution in [2.24, 2.45) is 11.8 Å². The number of carbonyl (C=O) groups excluding carboxylic acids is 3. The zero-order valence-electron chi connectivity index (χ0n) is 15.3. The van der Waals surface area contributed by atoms with Crippen molar-refractivity contribution in [2.45, 2.75) is 50.9 Å². The summed E-state index contributed by atoms with van der Waals surface area (Å²) in [5.41, 5.74) is -0.421. The number of nitrogens with zero attached hydrogens (tertiary/aromatic N) is 1. The van der Waals surface area contributed by atoms with Crippen LogP contribution in [0.1, 0.15) is 32.8 Å². The molecule has 0 unspecified atom stereocenters. The summed E-state index contributed by atoms with van der Waals surface area (Å²) >= 11 is 6.25. The fourth-order valence-corrected chi connectivity index (χ4v) is 5.00. The van der Waals surface area contributed by atoms with E-state index in [0.717, 1.165) is 0 Å². The second-order valence-corrected chi connectivity index (χ2v) is 8.05. The zero-order valence-corrected chi connectivity index (χ0v) is 16.1. The highest BCUT2D eigenvalue weighted by Gasteiger charge is 2.71. The molecule has 2 saturated heterocycles. The van der Waals surface area contributed by atoms with Crippen LogP contribution >= 0.6 is 11.6 Å². The number of halogens is 1. The molecule has 3 amide bonds. The van der Waals surface area contributed by atoms with Crippen molar-refractivity contribution in [2.75, 3.05) is 5.32 Å². The minimum atomic E-state index is -1.42. The lowest BCUT2D eigenvalue weighted by atomic mass is 9.76. The van der Waals surface area contributed by atoms with Gasteiger partial charge in [-0.05, 0) is 26.3 Å². The van der Waals surface area contributed by atoms with Crippen LogP contribution in [-0.4, -0.2) is 45.9 Å². The molecule has 3 aliphatic heterocycles. The molecule has 0 radical (unpaired) electrons. The van der Waals surface area contributed by atoms with E-state index in [0.29, 0.717) is 22.7 Å².